The number of nitrogens with one attached hydrogen (secondary N) is 1. The van der Waals surface area contributed by atoms with E-state index in [1.165, 1.54) is 0 Å². The molecule has 1 amide bonds. The van der Waals surface area contributed by atoms with Gasteiger partial charge in [0.1, 0.15) is 13.2 Å². The molecule has 0 bridgehead atoms. The summed E-state index contributed by atoms with van der Waals surface area (Å²) in [6, 6.07) is 13.3. The van der Waals surface area contributed by atoms with Crippen LogP contribution in [0.1, 0.15) is 16.1 Å². The van der Waals surface area contributed by atoms with Crippen molar-refractivity contribution < 1.29 is 18.8 Å². The number of hydrogen-bond donors (Lipinski definition) is 1. The van der Waals surface area contributed by atoms with Crippen molar-refractivity contribution in [1.82, 2.24) is 5.16 Å². The number of carbonyl (C=O) groups is 1. The molecule has 0 radical (unpaired) electrons. The number of fused-ring (bicyclic) bond motifs is 4. The Hall–Kier alpha value is -2.93. The Bertz CT molecular complexity index is 1010. The molecule has 3 aromatic rings. The van der Waals surface area contributed by atoms with E-state index < -0.39 is 0 Å². The van der Waals surface area contributed by atoms with Crippen molar-refractivity contribution in [3.8, 4) is 22.8 Å². The van der Waals surface area contributed by atoms with Crippen molar-refractivity contribution in [3.63, 3.8) is 0 Å². The highest BCUT2D eigenvalue weighted by atomic mass is 32.2. The monoisotopic (exact) mass is 366 g/mol. The van der Waals surface area contributed by atoms with Crippen LogP contribution in [0, 0.1) is 0 Å². The quantitative estimate of drug-likeness (QED) is 0.740. The van der Waals surface area contributed by atoms with E-state index in [-0.39, 0.29) is 5.91 Å². The van der Waals surface area contributed by atoms with E-state index in [0.29, 0.717) is 47.6 Å². The number of hydrogen-bond acceptors (Lipinski definition) is 6. The fourth-order valence-corrected chi connectivity index (χ4v) is 4.13. The summed E-state index contributed by atoms with van der Waals surface area (Å²) in [5, 5.41) is 6.89. The fourth-order valence-electron chi connectivity index (χ4n) is 3.07. The first-order valence-corrected chi connectivity index (χ1v) is 9.20. The van der Waals surface area contributed by atoms with Crippen LogP contribution in [-0.4, -0.2) is 24.3 Å². The maximum atomic E-state index is 12.7. The highest BCUT2D eigenvalue weighted by Crippen LogP contribution is 2.42. The van der Waals surface area contributed by atoms with Gasteiger partial charge in [-0.05, 0) is 24.3 Å². The zero-order valence-electron chi connectivity index (χ0n) is 13.7. The Morgan fingerprint density at radius 3 is 2.85 bits per heavy atom. The van der Waals surface area contributed by atoms with Crippen molar-refractivity contribution in [2.75, 3.05) is 18.5 Å². The Morgan fingerprint density at radius 1 is 1.08 bits per heavy atom. The van der Waals surface area contributed by atoms with Crippen molar-refractivity contribution in [2.24, 2.45) is 0 Å². The third kappa shape index (κ3) is 2.52. The van der Waals surface area contributed by atoms with Crippen molar-refractivity contribution in [2.45, 2.75) is 10.6 Å². The van der Waals surface area contributed by atoms with Crippen LogP contribution in [-0.2, 0) is 5.75 Å². The van der Waals surface area contributed by atoms with E-state index in [1.54, 1.807) is 30.0 Å². The van der Waals surface area contributed by atoms with E-state index in [0.717, 1.165) is 16.0 Å². The molecule has 2 aromatic carbocycles. The van der Waals surface area contributed by atoms with Gasteiger partial charge >= 0.3 is 0 Å². The molecule has 0 unspecified atom stereocenters. The molecule has 0 saturated heterocycles. The zero-order chi connectivity index (χ0) is 17.5. The summed E-state index contributed by atoms with van der Waals surface area (Å²) >= 11 is 1.68. The first kappa shape index (κ1) is 15.3. The molecule has 0 saturated carbocycles. The molecule has 0 fully saturated rings. The van der Waals surface area contributed by atoms with Gasteiger partial charge in [-0.2, -0.15) is 0 Å². The number of carbonyl (C=O) groups excluding carboxylic acids is 1. The van der Waals surface area contributed by atoms with Gasteiger partial charge in [0, 0.05) is 33.5 Å². The fraction of sp³-hybridized carbons (Fsp3) is 0.158. The van der Waals surface area contributed by atoms with E-state index in [4.69, 9.17) is 14.0 Å². The molecule has 6 nitrogen and oxygen atoms in total. The first-order valence-electron chi connectivity index (χ1n) is 8.21. The number of anilines is 1. The van der Waals surface area contributed by atoms with E-state index >= 15 is 0 Å². The summed E-state index contributed by atoms with van der Waals surface area (Å²) in [5.41, 5.74) is 2.74. The number of rotatable bonds is 2. The molecule has 0 aliphatic carbocycles. The predicted octanol–water partition coefficient (Wildman–Crippen LogP) is 3.97. The normalized spacial score (nSPS) is 14.3. The van der Waals surface area contributed by atoms with Gasteiger partial charge in [0.25, 0.3) is 5.91 Å². The second-order valence-corrected chi connectivity index (χ2v) is 6.95. The summed E-state index contributed by atoms with van der Waals surface area (Å²) in [4.78, 5) is 13.8. The molecule has 26 heavy (non-hydrogen) atoms. The number of amides is 1. The highest BCUT2D eigenvalue weighted by molar-refractivity contribution is 7.98. The van der Waals surface area contributed by atoms with Crippen LogP contribution in [0.3, 0.4) is 0 Å². The minimum atomic E-state index is -0.299. The number of thioether (sulfide) groups is 1. The summed E-state index contributed by atoms with van der Waals surface area (Å²) in [7, 11) is 0. The van der Waals surface area contributed by atoms with Crippen LogP contribution in [0.25, 0.3) is 11.3 Å². The Morgan fingerprint density at radius 2 is 1.92 bits per heavy atom. The Labute approximate surface area is 153 Å². The predicted molar refractivity (Wildman–Crippen MR) is 96.9 cm³/mol. The minimum Gasteiger partial charge on any atom is -0.486 e. The lowest BCUT2D eigenvalue weighted by Gasteiger charge is -2.19. The number of ether oxygens (including phenoxy) is 2. The summed E-state index contributed by atoms with van der Waals surface area (Å²) < 4.78 is 16.5. The van der Waals surface area contributed by atoms with Crippen LogP contribution < -0.4 is 14.8 Å². The highest BCUT2D eigenvalue weighted by Gasteiger charge is 2.28. The van der Waals surface area contributed by atoms with E-state index in [9.17, 15) is 4.79 Å². The molecule has 2 aliphatic heterocycles. The largest absolute Gasteiger partial charge is 0.486 e. The second kappa shape index (κ2) is 6.10. The molecule has 1 aromatic heterocycles. The van der Waals surface area contributed by atoms with Gasteiger partial charge in [0.05, 0.1) is 0 Å². The molecule has 1 N–H and O–H groups in total. The minimum absolute atomic E-state index is 0.299. The Balaban J connectivity index is 1.43. The molecule has 0 atom stereocenters. The van der Waals surface area contributed by atoms with E-state index in [1.807, 2.05) is 24.3 Å². The van der Waals surface area contributed by atoms with Crippen LogP contribution in [0.5, 0.6) is 11.5 Å². The smallest absolute Gasteiger partial charge is 0.278 e. The summed E-state index contributed by atoms with van der Waals surface area (Å²) in [6.45, 7) is 1.03. The zero-order valence-corrected chi connectivity index (χ0v) is 14.5. The summed E-state index contributed by atoms with van der Waals surface area (Å²) in [6.07, 6.45) is 0. The lowest BCUT2D eigenvalue weighted by atomic mass is 10.1. The van der Waals surface area contributed by atoms with Gasteiger partial charge in [-0.3, -0.25) is 4.79 Å². The standard InChI is InChI=1S/C19H14N2O4S/c22-19(20-11-5-6-14-15(9-11)24-8-7-23-14)17-13-10-26-16-4-2-1-3-12(16)18(13)25-21-17/h1-6,9H,7-8,10H2,(H,20,22). The third-order valence-electron chi connectivity index (χ3n) is 4.31. The molecule has 2 aliphatic rings. The molecular weight excluding hydrogens is 352 g/mol. The van der Waals surface area contributed by atoms with Crippen molar-refractivity contribution in [3.05, 3.63) is 53.7 Å². The maximum Gasteiger partial charge on any atom is 0.278 e. The topological polar surface area (TPSA) is 73.6 Å². The SMILES string of the molecule is O=C(Nc1ccc2c(c1)OCCO2)c1noc2c1CSc1ccccc1-2. The third-order valence-corrected chi connectivity index (χ3v) is 5.41. The molecular formula is C19H14N2O4S. The summed E-state index contributed by atoms with van der Waals surface area (Å²) in [5.74, 6) is 2.33. The molecule has 7 heteroatoms. The Kier molecular flexibility index (Phi) is 3.60. The second-order valence-electron chi connectivity index (χ2n) is 5.94. The molecule has 3 heterocycles. The average molecular weight is 366 g/mol. The van der Waals surface area contributed by atoms with Gasteiger partial charge in [-0.25, -0.2) is 0 Å². The van der Waals surface area contributed by atoms with Crippen molar-refractivity contribution in [1.29, 1.82) is 0 Å². The molecule has 130 valence electrons. The van der Waals surface area contributed by atoms with Crippen LogP contribution in [0.2, 0.25) is 0 Å². The van der Waals surface area contributed by atoms with Crippen molar-refractivity contribution >= 4 is 23.4 Å². The van der Waals surface area contributed by atoms with E-state index in [2.05, 4.69) is 10.5 Å². The molecule has 0 spiro atoms. The average Bonchev–Trinajstić information content (AvgIpc) is 3.13. The first-order chi connectivity index (χ1) is 12.8. The van der Waals surface area contributed by atoms with Gasteiger partial charge in [-0.1, -0.05) is 17.3 Å². The number of benzene rings is 2. The molecule has 5 rings (SSSR count). The van der Waals surface area contributed by atoms with Crippen LogP contribution >= 0.6 is 11.8 Å². The van der Waals surface area contributed by atoms with Gasteiger partial charge in [-0.15, -0.1) is 11.8 Å². The van der Waals surface area contributed by atoms with Gasteiger partial charge in [0.15, 0.2) is 23.0 Å². The van der Waals surface area contributed by atoms with Gasteiger partial charge in [0.2, 0.25) is 0 Å². The van der Waals surface area contributed by atoms with Crippen LogP contribution in [0.4, 0.5) is 5.69 Å². The number of aromatic nitrogens is 1. The van der Waals surface area contributed by atoms with Crippen LogP contribution in [0.15, 0.2) is 51.9 Å². The maximum absolute atomic E-state index is 12.7. The van der Waals surface area contributed by atoms with Gasteiger partial charge < -0.3 is 19.3 Å². The number of nitrogens with zero attached hydrogens (tertiary/aromatic N) is 1. The lowest BCUT2D eigenvalue weighted by Crippen LogP contribution is -2.17. The lowest BCUT2D eigenvalue weighted by molar-refractivity contribution is 0.101.